The number of rotatable bonds is 10. The summed E-state index contributed by atoms with van der Waals surface area (Å²) in [6.07, 6.45) is 2.23. The van der Waals surface area contributed by atoms with Crippen LogP contribution in [-0.4, -0.2) is 29.1 Å². The van der Waals surface area contributed by atoms with Gasteiger partial charge in [-0.05, 0) is 42.7 Å². The average Bonchev–Trinajstić information content (AvgIpc) is 3.21. The zero-order valence-corrected chi connectivity index (χ0v) is 19.6. The topological polar surface area (TPSA) is 71.1 Å². The van der Waals surface area contributed by atoms with Crippen LogP contribution in [0.15, 0.2) is 58.8 Å². The third kappa shape index (κ3) is 8.01. The molecular formula is C23H24ClN3O2S2. The van der Waals surface area contributed by atoms with Gasteiger partial charge in [-0.15, -0.1) is 23.1 Å². The van der Waals surface area contributed by atoms with Gasteiger partial charge < -0.3 is 10.6 Å². The van der Waals surface area contributed by atoms with E-state index in [4.69, 9.17) is 11.6 Å². The molecule has 0 aliphatic heterocycles. The average molecular weight is 474 g/mol. The fourth-order valence-electron chi connectivity index (χ4n) is 2.84. The van der Waals surface area contributed by atoms with Crippen LogP contribution in [0.1, 0.15) is 25.3 Å². The lowest BCUT2D eigenvalue weighted by Gasteiger charge is -2.04. The van der Waals surface area contributed by atoms with Crippen molar-refractivity contribution >= 4 is 51.6 Å². The standard InChI is InChI=1S/C23H24ClN3O2S2/c1-16(28)25-13-2-3-17-4-6-18(7-5-17)21-15-31-23(26-21)27-22(29)12-14-30-20-10-8-19(24)9-11-20/h4-11,15H,2-3,12-14H2,1H3,(H,25,28)(H,26,27,29). The van der Waals surface area contributed by atoms with Crippen LogP contribution >= 0.6 is 34.7 Å². The van der Waals surface area contributed by atoms with Gasteiger partial charge >= 0.3 is 0 Å². The van der Waals surface area contributed by atoms with Crippen LogP contribution < -0.4 is 10.6 Å². The molecule has 5 nitrogen and oxygen atoms in total. The Labute approximate surface area is 195 Å². The molecule has 31 heavy (non-hydrogen) atoms. The molecule has 3 rings (SSSR count). The molecule has 0 spiro atoms. The van der Waals surface area contributed by atoms with Crippen LogP contribution in [0.2, 0.25) is 5.02 Å². The molecule has 0 aliphatic carbocycles. The maximum atomic E-state index is 12.2. The zero-order chi connectivity index (χ0) is 22.1. The predicted octanol–water partition coefficient (Wildman–Crippen LogP) is 5.65. The monoisotopic (exact) mass is 473 g/mol. The molecular weight excluding hydrogens is 450 g/mol. The van der Waals surface area contributed by atoms with Crippen molar-refractivity contribution < 1.29 is 9.59 Å². The number of benzene rings is 2. The highest BCUT2D eigenvalue weighted by Crippen LogP contribution is 2.26. The second kappa shape index (κ2) is 11.9. The van der Waals surface area contributed by atoms with Gasteiger partial charge in [-0.25, -0.2) is 4.98 Å². The number of carbonyl (C=O) groups is 2. The minimum atomic E-state index is -0.0446. The van der Waals surface area contributed by atoms with Gasteiger partial charge in [-0.3, -0.25) is 9.59 Å². The molecule has 2 aromatic carbocycles. The van der Waals surface area contributed by atoms with Gasteiger partial charge in [-0.2, -0.15) is 0 Å². The Kier molecular flexibility index (Phi) is 8.94. The first-order valence-corrected chi connectivity index (χ1v) is 12.2. The first-order chi connectivity index (χ1) is 15.0. The molecule has 8 heteroatoms. The number of carbonyl (C=O) groups excluding carboxylic acids is 2. The Morgan fingerprint density at radius 3 is 2.55 bits per heavy atom. The molecule has 0 aliphatic rings. The summed E-state index contributed by atoms with van der Waals surface area (Å²) < 4.78 is 0. The van der Waals surface area contributed by atoms with E-state index in [0.29, 0.717) is 28.9 Å². The van der Waals surface area contributed by atoms with Gasteiger partial charge in [0.1, 0.15) is 0 Å². The molecule has 3 aromatic rings. The first kappa shape index (κ1) is 23.3. The molecule has 0 saturated carbocycles. The molecule has 0 bridgehead atoms. The summed E-state index contributed by atoms with van der Waals surface area (Å²) in [4.78, 5) is 28.7. The molecule has 1 heterocycles. The van der Waals surface area contributed by atoms with E-state index in [1.165, 1.54) is 23.8 Å². The quantitative estimate of drug-likeness (QED) is 0.294. The number of aryl methyl sites for hydroxylation is 1. The number of thiazole rings is 1. The molecule has 0 fully saturated rings. The summed E-state index contributed by atoms with van der Waals surface area (Å²) in [5.74, 6) is 0.647. The number of hydrogen-bond donors (Lipinski definition) is 2. The highest BCUT2D eigenvalue weighted by atomic mass is 35.5. The molecule has 2 amide bonds. The SMILES string of the molecule is CC(=O)NCCCc1ccc(-c2csc(NC(=O)CCSc3ccc(Cl)cc3)n2)cc1. The number of aromatic nitrogens is 1. The van der Waals surface area contributed by atoms with E-state index in [0.717, 1.165) is 29.0 Å². The van der Waals surface area contributed by atoms with Crippen LogP contribution in [0.25, 0.3) is 11.3 Å². The summed E-state index contributed by atoms with van der Waals surface area (Å²) >= 11 is 8.93. The zero-order valence-electron chi connectivity index (χ0n) is 17.2. The minimum Gasteiger partial charge on any atom is -0.356 e. The first-order valence-electron chi connectivity index (χ1n) is 9.97. The number of amides is 2. The lowest BCUT2D eigenvalue weighted by atomic mass is 10.1. The van der Waals surface area contributed by atoms with Crippen molar-refractivity contribution in [1.82, 2.24) is 10.3 Å². The van der Waals surface area contributed by atoms with E-state index >= 15 is 0 Å². The van der Waals surface area contributed by atoms with Crippen LogP contribution in [0, 0.1) is 0 Å². The summed E-state index contributed by atoms with van der Waals surface area (Å²) in [6, 6.07) is 15.8. The van der Waals surface area contributed by atoms with Crippen molar-refractivity contribution in [3.63, 3.8) is 0 Å². The van der Waals surface area contributed by atoms with Crippen molar-refractivity contribution in [3.8, 4) is 11.3 Å². The van der Waals surface area contributed by atoms with Crippen LogP contribution in [0.4, 0.5) is 5.13 Å². The Bertz CT molecular complexity index is 1000. The van der Waals surface area contributed by atoms with Gasteiger partial charge in [0.2, 0.25) is 11.8 Å². The van der Waals surface area contributed by atoms with Crippen LogP contribution in [0.3, 0.4) is 0 Å². The van der Waals surface area contributed by atoms with E-state index in [2.05, 4.69) is 27.8 Å². The number of thioether (sulfide) groups is 1. The van der Waals surface area contributed by atoms with Crippen LogP contribution in [-0.2, 0) is 16.0 Å². The number of hydrogen-bond acceptors (Lipinski definition) is 5. The maximum Gasteiger partial charge on any atom is 0.226 e. The van der Waals surface area contributed by atoms with Gasteiger partial charge in [0.05, 0.1) is 5.69 Å². The predicted molar refractivity (Wildman–Crippen MR) is 130 cm³/mol. The van der Waals surface area contributed by atoms with E-state index in [9.17, 15) is 9.59 Å². The van der Waals surface area contributed by atoms with Gasteiger partial charge in [0.15, 0.2) is 5.13 Å². The Balaban J connectivity index is 1.44. The molecule has 1 aromatic heterocycles. The lowest BCUT2D eigenvalue weighted by molar-refractivity contribution is -0.119. The van der Waals surface area contributed by atoms with Gasteiger partial charge in [0.25, 0.3) is 0 Å². The molecule has 0 saturated heterocycles. The lowest BCUT2D eigenvalue weighted by Crippen LogP contribution is -2.21. The number of nitrogens with one attached hydrogen (secondary N) is 2. The van der Waals surface area contributed by atoms with Crippen molar-refractivity contribution in [2.75, 3.05) is 17.6 Å². The summed E-state index contributed by atoms with van der Waals surface area (Å²) in [5, 5.41) is 8.95. The summed E-state index contributed by atoms with van der Waals surface area (Å²) in [5.41, 5.74) is 3.08. The highest BCUT2D eigenvalue weighted by molar-refractivity contribution is 7.99. The number of halogens is 1. The largest absolute Gasteiger partial charge is 0.356 e. The molecule has 0 radical (unpaired) electrons. The Hall–Kier alpha value is -2.35. The van der Waals surface area contributed by atoms with E-state index in [1.807, 2.05) is 41.8 Å². The van der Waals surface area contributed by atoms with Crippen LogP contribution in [0.5, 0.6) is 0 Å². The summed E-state index contributed by atoms with van der Waals surface area (Å²) in [7, 11) is 0. The number of anilines is 1. The third-order valence-electron chi connectivity index (χ3n) is 4.43. The van der Waals surface area contributed by atoms with E-state index < -0.39 is 0 Å². The smallest absolute Gasteiger partial charge is 0.226 e. The van der Waals surface area contributed by atoms with E-state index in [1.54, 1.807) is 11.8 Å². The Morgan fingerprint density at radius 2 is 1.84 bits per heavy atom. The van der Waals surface area contributed by atoms with Gasteiger partial charge in [0, 0.05) is 46.5 Å². The molecule has 2 N–H and O–H groups in total. The summed E-state index contributed by atoms with van der Waals surface area (Å²) in [6.45, 7) is 2.21. The fraction of sp³-hybridized carbons (Fsp3) is 0.261. The van der Waals surface area contributed by atoms with Crippen molar-refractivity contribution in [2.24, 2.45) is 0 Å². The highest BCUT2D eigenvalue weighted by Gasteiger charge is 2.09. The van der Waals surface area contributed by atoms with Gasteiger partial charge in [-0.1, -0.05) is 35.9 Å². The molecule has 0 unspecified atom stereocenters. The minimum absolute atomic E-state index is 0.00193. The second-order valence-corrected chi connectivity index (χ2v) is 9.38. The van der Waals surface area contributed by atoms with E-state index in [-0.39, 0.29) is 11.8 Å². The van der Waals surface area contributed by atoms with Crippen molar-refractivity contribution in [3.05, 3.63) is 64.5 Å². The third-order valence-corrected chi connectivity index (χ3v) is 6.45. The second-order valence-electron chi connectivity index (χ2n) is 6.92. The molecule has 0 atom stereocenters. The number of nitrogens with zero attached hydrogens (tertiary/aromatic N) is 1. The van der Waals surface area contributed by atoms with Crippen molar-refractivity contribution in [2.45, 2.75) is 31.1 Å². The maximum absolute atomic E-state index is 12.2. The van der Waals surface area contributed by atoms with Crippen molar-refractivity contribution in [1.29, 1.82) is 0 Å². The normalized spacial score (nSPS) is 10.6. The molecule has 162 valence electrons. The fourth-order valence-corrected chi connectivity index (χ4v) is 4.55. The Morgan fingerprint density at radius 1 is 1.10 bits per heavy atom.